The van der Waals surface area contributed by atoms with E-state index in [0.29, 0.717) is 5.56 Å². The number of hydrogen-bond acceptors (Lipinski definition) is 2. The zero-order valence-corrected chi connectivity index (χ0v) is 10.7. The van der Waals surface area contributed by atoms with Crippen molar-refractivity contribution in [3.05, 3.63) is 50.4 Å². The molecular weight excluding hydrogens is 236 g/mol. The van der Waals surface area contributed by atoms with Gasteiger partial charge in [-0.2, -0.15) is 5.10 Å². The van der Waals surface area contributed by atoms with E-state index in [1.54, 1.807) is 6.07 Å². The average Bonchev–Trinajstić information content (AvgIpc) is 2.27. The second kappa shape index (κ2) is 4.34. The summed E-state index contributed by atoms with van der Waals surface area (Å²) in [7, 11) is 0. The Morgan fingerprint density at radius 3 is 2.35 bits per heavy atom. The molecule has 1 aromatic carbocycles. The largest absolute Gasteiger partial charge is 0.272 e. The van der Waals surface area contributed by atoms with Gasteiger partial charge in [0.2, 0.25) is 0 Å². The Kier molecular flexibility index (Phi) is 3.03. The average molecular weight is 249 g/mol. The number of aromatic nitrogens is 2. The summed E-state index contributed by atoms with van der Waals surface area (Å²) in [4.78, 5) is 11.7. The van der Waals surface area contributed by atoms with Crippen LogP contribution in [-0.4, -0.2) is 10.2 Å². The molecule has 0 saturated carbocycles. The highest BCUT2D eigenvalue weighted by Crippen LogP contribution is 2.24. The molecule has 1 N–H and O–H groups in total. The van der Waals surface area contributed by atoms with Crippen LogP contribution in [0.15, 0.2) is 23.0 Å². The molecule has 0 saturated heterocycles. The molecule has 0 aliphatic heterocycles. The van der Waals surface area contributed by atoms with Crippen molar-refractivity contribution in [2.75, 3.05) is 0 Å². The Balaban J connectivity index is 2.72. The molecule has 0 atom stereocenters. The monoisotopic (exact) mass is 248 g/mol. The van der Waals surface area contributed by atoms with Gasteiger partial charge in [-0.15, -0.1) is 0 Å². The summed E-state index contributed by atoms with van der Waals surface area (Å²) in [6.07, 6.45) is 0. The first-order valence-electron chi connectivity index (χ1n) is 5.32. The number of rotatable bonds is 1. The van der Waals surface area contributed by atoms with Crippen molar-refractivity contribution in [2.24, 2.45) is 0 Å². The minimum Gasteiger partial charge on any atom is -0.267 e. The Morgan fingerprint density at radius 2 is 1.65 bits per heavy atom. The topological polar surface area (TPSA) is 45.8 Å². The molecule has 0 fully saturated rings. The second-order valence-corrected chi connectivity index (χ2v) is 4.57. The summed E-state index contributed by atoms with van der Waals surface area (Å²) in [6, 6.07) is 5.67. The van der Waals surface area contributed by atoms with Gasteiger partial charge >= 0.3 is 0 Å². The van der Waals surface area contributed by atoms with Gasteiger partial charge in [0.25, 0.3) is 5.56 Å². The fourth-order valence-corrected chi connectivity index (χ4v) is 1.98. The SMILES string of the molecule is Cc1cc(C)c(-c2cc(Cl)n[nH]c2=O)cc1C. The Labute approximate surface area is 104 Å². The summed E-state index contributed by atoms with van der Waals surface area (Å²) in [5.74, 6) is 0. The predicted octanol–water partition coefficient (Wildman–Crippen LogP) is 3.02. The molecule has 2 aromatic rings. The van der Waals surface area contributed by atoms with E-state index in [-0.39, 0.29) is 10.7 Å². The smallest absolute Gasteiger partial charge is 0.267 e. The van der Waals surface area contributed by atoms with E-state index < -0.39 is 0 Å². The normalized spacial score (nSPS) is 10.6. The van der Waals surface area contributed by atoms with Crippen molar-refractivity contribution in [2.45, 2.75) is 20.8 Å². The molecule has 0 radical (unpaired) electrons. The number of benzene rings is 1. The lowest BCUT2D eigenvalue weighted by molar-refractivity contribution is 0.991. The molecule has 0 amide bonds. The quantitative estimate of drug-likeness (QED) is 0.843. The zero-order chi connectivity index (χ0) is 12.6. The number of halogens is 1. The van der Waals surface area contributed by atoms with Crippen molar-refractivity contribution in [1.29, 1.82) is 0 Å². The molecule has 17 heavy (non-hydrogen) atoms. The van der Waals surface area contributed by atoms with Crippen LogP contribution in [-0.2, 0) is 0 Å². The van der Waals surface area contributed by atoms with Crippen LogP contribution in [0.1, 0.15) is 16.7 Å². The zero-order valence-electron chi connectivity index (χ0n) is 9.97. The van der Waals surface area contributed by atoms with Crippen molar-refractivity contribution in [3.63, 3.8) is 0 Å². The third-order valence-electron chi connectivity index (χ3n) is 2.90. The Bertz CT molecular complexity index is 632. The summed E-state index contributed by atoms with van der Waals surface area (Å²) in [5, 5.41) is 6.34. The number of H-pyrrole nitrogens is 1. The molecule has 1 aromatic heterocycles. The van der Waals surface area contributed by atoms with Gasteiger partial charge in [0.15, 0.2) is 0 Å². The first kappa shape index (κ1) is 11.9. The molecule has 0 aliphatic rings. The van der Waals surface area contributed by atoms with E-state index in [9.17, 15) is 4.79 Å². The summed E-state index contributed by atoms with van der Waals surface area (Å²) in [6.45, 7) is 6.06. The Morgan fingerprint density at radius 1 is 1.00 bits per heavy atom. The fourth-order valence-electron chi connectivity index (χ4n) is 1.83. The highest BCUT2D eigenvalue weighted by molar-refractivity contribution is 6.29. The maximum absolute atomic E-state index is 11.7. The maximum Gasteiger partial charge on any atom is 0.272 e. The van der Waals surface area contributed by atoms with E-state index in [1.165, 1.54) is 5.56 Å². The van der Waals surface area contributed by atoms with Crippen molar-refractivity contribution >= 4 is 11.6 Å². The first-order valence-corrected chi connectivity index (χ1v) is 5.70. The van der Waals surface area contributed by atoms with Crippen LogP contribution in [0.2, 0.25) is 5.15 Å². The van der Waals surface area contributed by atoms with E-state index in [0.717, 1.165) is 16.7 Å². The minimum atomic E-state index is -0.222. The van der Waals surface area contributed by atoms with Crippen LogP contribution in [0.3, 0.4) is 0 Å². The Hall–Kier alpha value is -1.61. The molecule has 0 spiro atoms. The minimum absolute atomic E-state index is 0.222. The van der Waals surface area contributed by atoms with Crippen LogP contribution in [0, 0.1) is 20.8 Å². The van der Waals surface area contributed by atoms with Gasteiger partial charge < -0.3 is 0 Å². The molecule has 4 heteroatoms. The molecular formula is C13H13ClN2O. The molecule has 0 aliphatic carbocycles. The van der Waals surface area contributed by atoms with Crippen molar-refractivity contribution in [3.8, 4) is 11.1 Å². The summed E-state index contributed by atoms with van der Waals surface area (Å²) in [5.41, 5.74) is 4.66. The second-order valence-electron chi connectivity index (χ2n) is 4.18. The third kappa shape index (κ3) is 2.24. The van der Waals surface area contributed by atoms with Gasteiger partial charge in [0, 0.05) is 0 Å². The molecule has 0 unspecified atom stereocenters. The van der Waals surface area contributed by atoms with Crippen molar-refractivity contribution in [1.82, 2.24) is 10.2 Å². The number of aryl methyl sites for hydroxylation is 3. The van der Waals surface area contributed by atoms with E-state index >= 15 is 0 Å². The lowest BCUT2D eigenvalue weighted by Crippen LogP contribution is -2.11. The number of aromatic amines is 1. The molecule has 0 bridgehead atoms. The van der Waals surface area contributed by atoms with E-state index in [4.69, 9.17) is 11.6 Å². The number of nitrogens with one attached hydrogen (secondary N) is 1. The number of nitrogens with zero attached hydrogens (tertiary/aromatic N) is 1. The summed E-state index contributed by atoms with van der Waals surface area (Å²) >= 11 is 5.81. The standard InChI is InChI=1S/C13H13ClN2O/c1-7-4-9(3)10(5-8(7)2)11-6-12(14)15-16-13(11)17/h4-6H,1-3H3,(H,16,17). The first-order chi connectivity index (χ1) is 7.99. The summed E-state index contributed by atoms with van der Waals surface area (Å²) < 4.78 is 0. The van der Waals surface area contributed by atoms with Gasteiger partial charge in [0.1, 0.15) is 5.15 Å². The van der Waals surface area contributed by atoms with Gasteiger partial charge in [-0.05, 0) is 49.1 Å². The van der Waals surface area contributed by atoms with Crippen molar-refractivity contribution < 1.29 is 0 Å². The molecule has 3 nitrogen and oxygen atoms in total. The van der Waals surface area contributed by atoms with Gasteiger partial charge in [-0.1, -0.05) is 23.7 Å². The van der Waals surface area contributed by atoms with Crippen LogP contribution in [0.25, 0.3) is 11.1 Å². The highest BCUT2D eigenvalue weighted by Gasteiger charge is 2.09. The predicted molar refractivity (Wildman–Crippen MR) is 69.5 cm³/mol. The molecule has 1 heterocycles. The van der Waals surface area contributed by atoms with E-state index in [2.05, 4.69) is 23.2 Å². The highest BCUT2D eigenvalue weighted by atomic mass is 35.5. The third-order valence-corrected chi connectivity index (χ3v) is 3.10. The van der Waals surface area contributed by atoms with Crippen LogP contribution >= 0.6 is 11.6 Å². The van der Waals surface area contributed by atoms with Gasteiger partial charge in [-0.25, -0.2) is 5.10 Å². The van der Waals surface area contributed by atoms with Crippen LogP contribution < -0.4 is 5.56 Å². The van der Waals surface area contributed by atoms with E-state index in [1.807, 2.05) is 19.9 Å². The number of hydrogen-bond donors (Lipinski definition) is 1. The molecule has 88 valence electrons. The van der Waals surface area contributed by atoms with Gasteiger partial charge in [-0.3, -0.25) is 4.79 Å². The van der Waals surface area contributed by atoms with Crippen LogP contribution in [0.4, 0.5) is 0 Å². The van der Waals surface area contributed by atoms with Crippen LogP contribution in [0.5, 0.6) is 0 Å². The maximum atomic E-state index is 11.7. The fraction of sp³-hybridized carbons (Fsp3) is 0.231. The molecule has 2 rings (SSSR count). The lowest BCUT2D eigenvalue weighted by atomic mass is 9.97. The lowest BCUT2D eigenvalue weighted by Gasteiger charge is -2.09. The van der Waals surface area contributed by atoms with Gasteiger partial charge in [0.05, 0.1) is 5.56 Å².